The van der Waals surface area contributed by atoms with Crippen LogP contribution < -0.4 is 10.1 Å². The first-order valence-corrected chi connectivity index (χ1v) is 6.56. The lowest BCUT2D eigenvalue weighted by molar-refractivity contribution is 0.399. The molecule has 2 aromatic heterocycles. The van der Waals surface area contributed by atoms with E-state index in [2.05, 4.69) is 10.3 Å². The highest BCUT2D eigenvalue weighted by atomic mass is 35.5. The van der Waals surface area contributed by atoms with Crippen LogP contribution in [0, 0.1) is 0 Å². The molecule has 0 saturated carbocycles. The Kier molecular flexibility index (Phi) is 3.48. The second kappa shape index (κ2) is 5.43. The molecule has 3 aromatic rings. The fourth-order valence-corrected chi connectivity index (χ4v) is 2.36. The van der Waals surface area contributed by atoms with E-state index in [4.69, 9.17) is 20.8 Å². The molecule has 0 aliphatic heterocycles. The largest absolute Gasteiger partial charge is 0.480 e. The zero-order chi connectivity index (χ0) is 13.9. The molecule has 0 unspecified atom stereocenters. The molecular formula is C15H13ClN2O2. The number of nitrogens with one attached hydrogen (secondary N) is 1. The average Bonchev–Trinajstić information content (AvgIpc) is 2.81. The van der Waals surface area contributed by atoms with E-state index in [1.165, 1.54) is 0 Å². The van der Waals surface area contributed by atoms with Crippen LogP contribution in [0.5, 0.6) is 5.88 Å². The standard InChI is InChI=1S/C15H13ClN2O2/c1-19-15-12(6-4-8-17-15)18-9-11-10-5-2-3-7-13(10)20-14(11)16/h2-8,18H,9H2,1H3. The van der Waals surface area contributed by atoms with Crippen molar-refractivity contribution in [3.63, 3.8) is 0 Å². The molecule has 0 spiro atoms. The second-order valence-electron chi connectivity index (χ2n) is 4.26. The molecule has 4 nitrogen and oxygen atoms in total. The SMILES string of the molecule is COc1ncccc1NCc1c(Cl)oc2ccccc12. The second-order valence-corrected chi connectivity index (χ2v) is 4.61. The van der Waals surface area contributed by atoms with Crippen molar-refractivity contribution in [2.45, 2.75) is 6.54 Å². The average molecular weight is 289 g/mol. The predicted octanol–water partition coefficient (Wildman–Crippen LogP) is 4.10. The van der Waals surface area contributed by atoms with E-state index in [1.807, 2.05) is 36.4 Å². The number of hydrogen-bond donors (Lipinski definition) is 1. The number of nitrogens with zero attached hydrogens (tertiary/aromatic N) is 1. The molecule has 3 rings (SSSR count). The summed E-state index contributed by atoms with van der Waals surface area (Å²) >= 11 is 6.15. The van der Waals surface area contributed by atoms with Crippen LogP contribution in [0.25, 0.3) is 11.0 Å². The van der Waals surface area contributed by atoms with Crippen molar-refractivity contribution in [3.05, 3.63) is 53.4 Å². The van der Waals surface area contributed by atoms with E-state index in [9.17, 15) is 0 Å². The van der Waals surface area contributed by atoms with E-state index in [0.29, 0.717) is 17.6 Å². The highest BCUT2D eigenvalue weighted by Crippen LogP contribution is 2.31. The molecule has 0 saturated heterocycles. The Balaban J connectivity index is 1.89. The van der Waals surface area contributed by atoms with Crippen LogP contribution in [0.1, 0.15) is 5.56 Å². The van der Waals surface area contributed by atoms with Gasteiger partial charge in [-0.15, -0.1) is 0 Å². The van der Waals surface area contributed by atoms with Gasteiger partial charge in [0.25, 0.3) is 0 Å². The van der Waals surface area contributed by atoms with Gasteiger partial charge in [0.05, 0.1) is 12.8 Å². The van der Waals surface area contributed by atoms with E-state index >= 15 is 0 Å². The van der Waals surface area contributed by atoms with Crippen LogP contribution in [0.15, 0.2) is 47.0 Å². The third kappa shape index (κ3) is 2.30. The fourth-order valence-electron chi connectivity index (χ4n) is 2.11. The monoisotopic (exact) mass is 288 g/mol. The lowest BCUT2D eigenvalue weighted by atomic mass is 10.2. The maximum Gasteiger partial charge on any atom is 0.237 e. The first-order valence-electron chi connectivity index (χ1n) is 6.18. The number of benzene rings is 1. The lowest BCUT2D eigenvalue weighted by Crippen LogP contribution is -2.02. The third-order valence-corrected chi connectivity index (χ3v) is 3.37. The Morgan fingerprint density at radius 2 is 2.10 bits per heavy atom. The summed E-state index contributed by atoms with van der Waals surface area (Å²) in [6.07, 6.45) is 1.68. The van der Waals surface area contributed by atoms with Gasteiger partial charge < -0.3 is 14.5 Å². The molecule has 102 valence electrons. The Labute approximate surface area is 121 Å². The Bertz CT molecular complexity index is 740. The van der Waals surface area contributed by atoms with Crippen molar-refractivity contribution in [2.24, 2.45) is 0 Å². The van der Waals surface area contributed by atoms with Gasteiger partial charge in [0.15, 0.2) is 5.22 Å². The molecule has 0 bridgehead atoms. The molecule has 0 amide bonds. The number of halogens is 1. The third-order valence-electron chi connectivity index (χ3n) is 3.07. The van der Waals surface area contributed by atoms with E-state index in [1.54, 1.807) is 13.3 Å². The maximum atomic E-state index is 6.15. The fraction of sp³-hybridized carbons (Fsp3) is 0.133. The zero-order valence-electron chi connectivity index (χ0n) is 10.9. The first-order chi connectivity index (χ1) is 9.79. The minimum Gasteiger partial charge on any atom is -0.480 e. The number of methoxy groups -OCH3 is 1. The van der Waals surface area contributed by atoms with Crippen molar-refractivity contribution in [1.29, 1.82) is 0 Å². The van der Waals surface area contributed by atoms with Gasteiger partial charge >= 0.3 is 0 Å². The summed E-state index contributed by atoms with van der Waals surface area (Å²) in [7, 11) is 1.59. The van der Waals surface area contributed by atoms with Crippen LogP contribution >= 0.6 is 11.6 Å². The van der Waals surface area contributed by atoms with Crippen LogP contribution in [0.4, 0.5) is 5.69 Å². The summed E-state index contributed by atoms with van der Waals surface area (Å²) in [5.74, 6) is 0.552. The van der Waals surface area contributed by atoms with Gasteiger partial charge in [-0.05, 0) is 29.8 Å². The maximum absolute atomic E-state index is 6.15. The van der Waals surface area contributed by atoms with Crippen molar-refractivity contribution >= 4 is 28.3 Å². The summed E-state index contributed by atoms with van der Waals surface area (Å²) in [5.41, 5.74) is 2.52. The van der Waals surface area contributed by atoms with Crippen molar-refractivity contribution in [1.82, 2.24) is 4.98 Å². The number of rotatable bonds is 4. The summed E-state index contributed by atoms with van der Waals surface area (Å²) in [6, 6.07) is 11.5. The van der Waals surface area contributed by atoms with Gasteiger partial charge in [0, 0.05) is 23.7 Å². The molecule has 0 radical (unpaired) electrons. The van der Waals surface area contributed by atoms with Crippen molar-refractivity contribution in [3.8, 4) is 5.88 Å². The quantitative estimate of drug-likeness (QED) is 0.785. The van der Waals surface area contributed by atoms with Crippen LogP contribution in [-0.2, 0) is 6.54 Å². The molecule has 1 N–H and O–H groups in total. The number of ether oxygens (including phenoxy) is 1. The molecule has 5 heteroatoms. The summed E-state index contributed by atoms with van der Waals surface area (Å²) in [5, 5.41) is 4.68. The highest BCUT2D eigenvalue weighted by Gasteiger charge is 2.12. The summed E-state index contributed by atoms with van der Waals surface area (Å²) in [6.45, 7) is 0.540. The smallest absolute Gasteiger partial charge is 0.237 e. The minimum absolute atomic E-state index is 0.404. The number of para-hydroxylation sites is 1. The van der Waals surface area contributed by atoms with Crippen molar-refractivity contribution < 1.29 is 9.15 Å². The van der Waals surface area contributed by atoms with Crippen LogP contribution in [-0.4, -0.2) is 12.1 Å². The Hall–Kier alpha value is -2.20. The molecular weight excluding hydrogens is 276 g/mol. The Morgan fingerprint density at radius 1 is 1.25 bits per heavy atom. The van der Waals surface area contributed by atoms with Crippen LogP contribution in [0.3, 0.4) is 0 Å². The van der Waals surface area contributed by atoms with Gasteiger partial charge in [-0.2, -0.15) is 0 Å². The molecule has 0 aliphatic carbocycles. The minimum atomic E-state index is 0.404. The molecule has 0 aliphatic rings. The molecule has 0 atom stereocenters. The van der Waals surface area contributed by atoms with Gasteiger partial charge in [0.1, 0.15) is 5.58 Å². The van der Waals surface area contributed by atoms with Crippen molar-refractivity contribution in [2.75, 3.05) is 12.4 Å². The number of pyridine rings is 1. The summed E-state index contributed by atoms with van der Waals surface area (Å²) in [4.78, 5) is 4.14. The number of anilines is 1. The zero-order valence-corrected chi connectivity index (χ0v) is 11.6. The van der Waals surface area contributed by atoms with Crippen LogP contribution in [0.2, 0.25) is 5.22 Å². The van der Waals surface area contributed by atoms with Gasteiger partial charge in [-0.25, -0.2) is 4.98 Å². The van der Waals surface area contributed by atoms with Gasteiger partial charge in [-0.3, -0.25) is 0 Å². The van der Waals surface area contributed by atoms with E-state index < -0.39 is 0 Å². The number of fused-ring (bicyclic) bond motifs is 1. The van der Waals surface area contributed by atoms with Gasteiger partial charge in [0.2, 0.25) is 5.88 Å². The molecule has 0 fully saturated rings. The predicted molar refractivity (Wildman–Crippen MR) is 79.3 cm³/mol. The normalized spacial score (nSPS) is 10.7. The van der Waals surface area contributed by atoms with E-state index in [-0.39, 0.29) is 0 Å². The molecule has 1 aromatic carbocycles. The molecule has 2 heterocycles. The Morgan fingerprint density at radius 3 is 2.95 bits per heavy atom. The first kappa shape index (κ1) is 12.8. The number of furan rings is 1. The van der Waals surface area contributed by atoms with E-state index in [0.717, 1.165) is 22.2 Å². The summed E-state index contributed by atoms with van der Waals surface area (Å²) < 4.78 is 10.7. The number of hydrogen-bond acceptors (Lipinski definition) is 4. The lowest BCUT2D eigenvalue weighted by Gasteiger charge is -2.09. The van der Waals surface area contributed by atoms with Gasteiger partial charge in [-0.1, -0.05) is 18.2 Å². The molecule has 20 heavy (non-hydrogen) atoms. The highest BCUT2D eigenvalue weighted by molar-refractivity contribution is 6.30. The topological polar surface area (TPSA) is 47.3 Å². The number of aromatic nitrogens is 1.